The van der Waals surface area contributed by atoms with Crippen molar-refractivity contribution in [3.63, 3.8) is 0 Å². The zero-order valence-corrected chi connectivity index (χ0v) is 10.6. The molecule has 0 aliphatic heterocycles. The summed E-state index contributed by atoms with van der Waals surface area (Å²) in [5.41, 5.74) is 1.61. The van der Waals surface area contributed by atoms with E-state index in [0.29, 0.717) is 17.1 Å². The van der Waals surface area contributed by atoms with Crippen molar-refractivity contribution in [1.82, 2.24) is 10.3 Å². The SMILES string of the molecule is Fc1ccc(Cl)cc1CNCCc1ccccn1. The molecule has 2 nitrogen and oxygen atoms in total. The van der Waals surface area contributed by atoms with E-state index in [1.54, 1.807) is 18.3 Å². The van der Waals surface area contributed by atoms with Gasteiger partial charge in [0.1, 0.15) is 5.82 Å². The second-order valence-electron chi connectivity index (χ2n) is 3.98. The molecule has 1 aromatic carbocycles. The molecule has 2 aromatic rings. The van der Waals surface area contributed by atoms with E-state index in [-0.39, 0.29) is 5.82 Å². The van der Waals surface area contributed by atoms with Gasteiger partial charge in [0.05, 0.1) is 0 Å². The highest BCUT2D eigenvalue weighted by molar-refractivity contribution is 6.30. The van der Waals surface area contributed by atoms with Crippen LogP contribution in [-0.2, 0) is 13.0 Å². The van der Waals surface area contributed by atoms with E-state index in [1.165, 1.54) is 6.07 Å². The lowest BCUT2D eigenvalue weighted by Crippen LogP contribution is -2.17. The van der Waals surface area contributed by atoms with Gasteiger partial charge in [-0.1, -0.05) is 17.7 Å². The molecule has 0 radical (unpaired) electrons. The lowest BCUT2D eigenvalue weighted by atomic mass is 10.2. The third-order valence-electron chi connectivity index (χ3n) is 2.61. The third kappa shape index (κ3) is 3.79. The summed E-state index contributed by atoms with van der Waals surface area (Å²) < 4.78 is 13.4. The minimum Gasteiger partial charge on any atom is -0.312 e. The van der Waals surface area contributed by atoms with Crippen LogP contribution in [0, 0.1) is 5.82 Å². The van der Waals surface area contributed by atoms with Crippen LogP contribution >= 0.6 is 11.6 Å². The number of rotatable bonds is 5. The van der Waals surface area contributed by atoms with Crippen molar-refractivity contribution in [3.8, 4) is 0 Å². The normalized spacial score (nSPS) is 10.6. The van der Waals surface area contributed by atoms with Crippen LogP contribution in [0.4, 0.5) is 4.39 Å². The Morgan fingerprint density at radius 1 is 1.22 bits per heavy atom. The van der Waals surface area contributed by atoms with E-state index in [0.717, 1.165) is 18.7 Å². The number of pyridine rings is 1. The van der Waals surface area contributed by atoms with Crippen molar-refractivity contribution in [2.75, 3.05) is 6.54 Å². The number of nitrogens with zero attached hydrogens (tertiary/aromatic N) is 1. The Labute approximate surface area is 111 Å². The van der Waals surface area contributed by atoms with Crippen LogP contribution in [-0.4, -0.2) is 11.5 Å². The summed E-state index contributed by atoms with van der Waals surface area (Å²) in [6, 6.07) is 10.4. The Bertz CT molecular complexity index is 502. The van der Waals surface area contributed by atoms with E-state index in [9.17, 15) is 4.39 Å². The van der Waals surface area contributed by atoms with Gasteiger partial charge in [-0.15, -0.1) is 0 Å². The van der Waals surface area contributed by atoms with Gasteiger partial charge >= 0.3 is 0 Å². The van der Waals surface area contributed by atoms with Crippen LogP contribution in [0.25, 0.3) is 0 Å². The first-order valence-corrected chi connectivity index (χ1v) is 6.18. The number of hydrogen-bond acceptors (Lipinski definition) is 2. The van der Waals surface area contributed by atoms with Gasteiger partial charge in [0, 0.05) is 42.0 Å². The van der Waals surface area contributed by atoms with Gasteiger partial charge in [0.25, 0.3) is 0 Å². The summed E-state index contributed by atoms with van der Waals surface area (Å²) in [7, 11) is 0. The van der Waals surface area contributed by atoms with E-state index in [1.807, 2.05) is 18.2 Å². The Balaban J connectivity index is 1.80. The fourth-order valence-corrected chi connectivity index (χ4v) is 1.86. The molecular formula is C14H14ClFN2. The minimum atomic E-state index is -0.232. The molecule has 1 N–H and O–H groups in total. The maximum absolute atomic E-state index is 13.4. The van der Waals surface area contributed by atoms with Crippen LogP contribution < -0.4 is 5.32 Å². The highest BCUT2D eigenvalue weighted by Gasteiger charge is 2.02. The van der Waals surface area contributed by atoms with Crippen molar-refractivity contribution in [2.24, 2.45) is 0 Å². The average Bonchev–Trinajstić information content (AvgIpc) is 2.40. The van der Waals surface area contributed by atoms with Crippen LogP contribution in [0.5, 0.6) is 0 Å². The molecule has 0 saturated heterocycles. The first kappa shape index (κ1) is 13.0. The van der Waals surface area contributed by atoms with Gasteiger partial charge in [-0.05, 0) is 30.3 Å². The maximum atomic E-state index is 13.4. The zero-order chi connectivity index (χ0) is 12.8. The van der Waals surface area contributed by atoms with Crippen molar-refractivity contribution in [2.45, 2.75) is 13.0 Å². The second-order valence-corrected chi connectivity index (χ2v) is 4.42. The van der Waals surface area contributed by atoms with E-state index in [2.05, 4.69) is 10.3 Å². The molecule has 94 valence electrons. The Hall–Kier alpha value is -1.45. The van der Waals surface area contributed by atoms with Gasteiger partial charge in [-0.3, -0.25) is 4.98 Å². The number of aromatic nitrogens is 1. The summed E-state index contributed by atoms with van der Waals surface area (Å²) in [5, 5.41) is 3.73. The van der Waals surface area contributed by atoms with E-state index in [4.69, 9.17) is 11.6 Å². The molecule has 0 atom stereocenters. The summed E-state index contributed by atoms with van der Waals surface area (Å²) in [4.78, 5) is 4.22. The molecular weight excluding hydrogens is 251 g/mol. The smallest absolute Gasteiger partial charge is 0.127 e. The van der Waals surface area contributed by atoms with Crippen LogP contribution in [0.2, 0.25) is 5.02 Å². The quantitative estimate of drug-likeness (QED) is 0.839. The lowest BCUT2D eigenvalue weighted by Gasteiger charge is -2.06. The van der Waals surface area contributed by atoms with Crippen molar-refractivity contribution in [3.05, 3.63) is 64.7 Å². The second kappa shape index (κ2) is 6.47. The van der Waals surface area contributed by atoms with Crippen molar-refractivity contribution in [1.29, 1.82) is 0 Å². The summed E-state index contributed by atoms with van der Waals surface area (Å²) >= 11 is 5.82. The Morgan fingerprint density at radius 2 is 2.11 bits per heavy atom. The maximum Gasteiger partial charge on any atom is 0.127 e. The minimum absolute atomic E-state index is 0.232. The highest BCUT2D eigenvalue weighted by Crippen LogP contribution is 2.14. The molecule has 0 amide bonds. The Kier molecular flexibility index (Phi) is 4.67. The Morgan fingerprint density at radius 3 is 2.89 bits per heavy atom. The predicted molar refractivity (Wildman–Crippen MR) is 71.1 cm³/mol. The summed E-state index contributed by atoms with van der Waals surface area (Å²) in [5.74, 6) is -0.232. The van der Waals surface area contributed by atoms with Crippen LogP contribution in [0.1, 0.15) is 11.3 Å². The molecule has 0 aliphatic carbocycles. The molecule has 0 saturated carbocycles. The summed E-state index contributed by atoms with van der Waals surface area (Å²) in [6.07, 6.45) is 2.59. The van der Waals surface area contributed by atoms with Crippen LogP contribution in [0.15, 0.2) is 42.6 Å². The number of benzene rings is 1. The number of nitrogens with one attached hydrogen (secondary N) is 1. The molecule has 0 spiro atoms. The molecule has 0 unspecified atom stereocenters. The largest absolute Gasteiger partial charge is 0.312 e. The third-order valence-corrected chi connectivity index (χ3v) is 2.84. The molecule has 18 heavy (non-hydrogen) atoms. The van der Waals surface area contributed by atoms with Crippen LogP contribution in [0.3, 0.4) is 0 Å². The highest BCUT2D eigenvalue weighted by atomic mass is 35.5. The number of hydrogen-bond donors (Lipinski definition) is 1. The fourth-order valence-electron chi connectivity index (χ4n) is 1.66. The monoisotopic (exact) mass is 264 g/mol. The van der Waals surface area contributed by atoms with Gasteiger partial charge in [0.2, 0.25) is 0 Å². The van der Waals surface area contributed by atoms with Gasteiger partial charge in [0.15, 0.2) is 0 Å². The molecule has 0 bridgehead atoms. The van der Waals surface area contributed by atoms with E-state index >= 15 is 0 Å². The molecule has 2 rings (SSSR count). The van der Waals surface area contributed by atoms with E-state index < -0.39 is 0 Å². The lowest BCUT2D eigenvalue weighted by molar-refractivity contribution is 0.587. The molecule has 0 aliphatic rings. The zero-order valence-electron chi connectivity index (χ0n) is 9.87. The molecule has 0 fully saturated rings. The predicted octanol–water partition coefficient (Wildman–Crippen LogP) is 3.21. The topological polar surface area (TPSA) is 24.9 Å². The first-order chi connectivity index (χ1) is 8.75. The molecule has 4 heteroatoms. The van der Waals surface area contributed by atoms with Gasteiger partial charge in [-0.25, -0.2) is 4.39 Å². The average molecular weight is 265 g/mol. The van der Waals surface area contributed by atoms with Gasteiger partial charge in [-0.2, -0.15) is 0 Å². The first-order valence-electron chi connectivity index (χ1n) is 5.80. The number of halogens is 2. The molecule has 1 aromatic heterocycles. The fraction of sp³-hybridized carbons (Fsp3) is 0.214. The summed E-state index contributed by atoms with van der Waals surface area (Å²) in [6.45, 7) is 1.22. The van der Waals surface area contributed by atoms with Gasteiger partial charge < -0.3 is 5.32 Å². The van der Waals surface area contributed by atoms with Crippen molar-refractivity contribution < 1.29 is 4.39 Å². The van der Waals surface area contributed by atoms with Crippen molar-refractivity contribution >= 4 is 11.6 Å². The standard InChI is InChI=1S/C14H14ClFN2/c15-12-4-5-14(16)11(9-12)10-17-8-6-13-3-1-2-7-18-13/h1-5,7,9,17H,6,8,10H2. The molecule has 1 heterocycles.